The number of nitrogens with zero attached hydrogens (tertiary/aromatic N) is 3. The van der Waals surface area contributed by atoms with Crippen molar-refractivity contribution in [2.24, 2.45) is 0 Å². The van der Waals surface area contributed by atoms with Crippen LogP contribution in [0, 0.1) is 20.2 Å². The number of alkyl halides is 9. The van der Waals surface area contributed by atoms with E-state index in [0.717, 1.165) is 0 Å². The third kappa shape index (κ3) is 4.83. The van der Waals surface area contributed by atoms with Crippen LogP contribution in [0.25, 0.3) is 0 Å². The first-order chi connectivity index (χ1) is 14.4. The number of benzene rings is 2. The predicted octanol–water partition coefficient (Wildman–Crippen LogP) is 6.33. The molecule has 0 spiro atoms. The average Bonchev–Trinajstić information content (AvgIpc) is 2.63. The summed E-state index contributed by atoms with van der Waals surface area (Å²) in [6.07, 6.45) is -17.2. The molecule has 2 rings (SSSR count). The van der Waals surface area contributed by atoms with Gasteiger partial charge in [-0.3, -0.25) is 20.2 Å². The SMILES string of the molecule is CN(c1ccc([N+](=O)[O-])cc1[N+](=O)[O-])c1cc(C(F)(F)F)cc(C(F)(F)F)c1C(F)(F)F. The van der Waals surface area contributed by atoms with Crippen molar-refractivity contribution in [1.82, 2.24) is 0 Å². The molecule has 0 aromatic heterocycles. The van der Waals surface area contributed by atoms with Gasteiger partial charge in [0.2, 0.25) is 0 Å². The van der Waals surface area contributed by atoms with Crippen LogP contribution >= 0.6 is 0 Å². The summed E-state index contributed by atoms with van der Waals surface area (Å²) < 4.78 is 120. The van der Waals surface area contributed by atoms with Crippen LogP contribution in [0.4, 0.5) is 62.3 Å². The number of hydrogen-bond donors (Lipinski definition) is 0. The second-order valence-corrected chi connectivity index (χ2v) is 6.16. The molecule has 0 radical (unpaired) electrons. The Bertz CT molecular complexity index is 1080. The minimum Gasteiger partial charge on any atom is -0.338 e. The van der Waals surface area contributed by atoms with E-state index in [2.05, 4.69) is 0 Å². The molecule has 0 bridgehead atoms. The van der Waals surface area contributed by atoms with Crippen molar-refractivity contribution in [2.45, 2.75) is 18.5 Å². The minimum atomic E-state index is -5.87. The number of rotatable bonds is 4. The summed E-state index contributed by atoms with van der Waals surface area (Å²) in [6, 6.07) is 0.458. The van der Waals surface area contributed by atoms with Gasteiger partial charge in [-0.2, -0.15) is 39.5 Å². The third-order valence-electron chi connectivity index (χ3n) is 4.12. The highest BCUT2D eigenvalue weighted by molar-refractivity contribution is 5.76. The van der Waals surface area contributed by atoms with E-state index >= 15 is 0 Å². The van der Waals surface area contributed by atoms with Crippen LogP contribution in [0.15, 0.2) is 30.3 Å². The van der Waals surface area contributed by atoms with Crippen molar-refractivity contribution >= 4 is 22.7 Å². The van der Waals surface area contributed by atoms with Crippen LogP contribution in [0.1, 0.15) is 16.7 Å². The first-order valence-electron chi connectivity index (χ1n) is 7.92. The minimum absolute atomic E-state index is 0.0785. The second-order valence-electron chi connectivity index (χ2n) is 6.16. The van der Waals surface area contributed by atoms with Crippen molar-refractivity contribution < 1.29 is 49.4 Å². The Morgan fingerprint density at radius 2 is 1.31 bits per heavy atom. The molecular formula is C16H8F9N3O4. The largest absolute Gasteiger partial charge is 0.419 e. The smallest absolute Gasteiger partial charge is 0.338 e. The molecule has 0 saturated heterocycles. The lowest BCUT2D eigenvalue weighted by atomic mass is 9.98. The zero-order valence-corrected chi connectivity index (χ0v) is 15.3. The lowest BCUT2D eigenvalue weighted by Crippen LogP contribution is -2.24. The highest BCUT2D eigenvalue weighted by atomic mass is 19.4. The van der Waals surface area contributed by atoms with E-state index in [4.69, 9.17) is 0 Å². The Kier molecular flexibility index (Phi) is 6.04. The molecule has 0 aliphatic carbocycles. The van der Waals surface area contributed by atoms with Crippen LogP contribution < -0.4 is 4.90 Å². The standard InChI is InChI=1S/C16H8F9N3O4/c1-26(10-3-2-8(27(29)30)6-11(10)28(31)32)12-5-7(14(17,18)19)4-9(15(20,21)22)13(12)16(23,24)25/h2-6H,1H3. The number of nitro benzene ring substituents is 2. The lowest BCUT2D eigenvalue weighted by molar-refractivity contribution is -0.393. The molecule has 16 heteroatoms. The third-order valence-corrected chi connectivity index (χ3v) is 4.12. The van der Waals surface area contributed by atoms with Gasteiger partial charge in [0.05, 0.1) is 38.3 Å². The fraction of sp³-hybridized carbons (Fsp3) is 0.250. The molecule has 0 unspecified atom stereocenters. The zero-order chi connectivity index (χ0) is 24.8. The van der Waals surface area contributed by atoms with Crippen molar-refractivity contribution in [1.29, 1.82) is 0 Å². The Labute approximate surface area is 171 Å². The molecular weight excluding hydrogens is 469 g/mol. The summed E-state index contributed by atoms with van der Waals surface area (Å²) in [5.41, 5.74) is -12.0. The zero-order valence-electron chi connectivity index (χ0n) is 15.3. The van der Waals surface area contributed by atoms with Crippen molar-refractivity contribution in [3.63, 3.8) is 0 Å². The summed E-state index contributed by atoms with van der Waals surface area (Å²) in [6.45, 7) is 0. The van der Waals surface area contributed by atoms with Crippen LogP contribution in [-0.2, 0) is 18.5 Å². The van der Waals surface area contributed by atoms with E-state index in [1.165, 1.54) is 0 Å². The van der Waals surface area contributed by atoms with Gasteiger partial charge in [-0.05, 0) is 18.2 Å². The van der Waals surface area contributed by atoms with E-state index in [0.29, 0.717) is 25.2 Å². The molecule has 0 heterocycles. The van der Waals surface area contributed by atoms with Crippen LogP contribution in [-0.4, -0.2) is 16.9 Å². The average molecular weight is 477 g/mol. The molecule has 0 saturated carbocycles. The topological polar surface area (TPSA) is 89.5 Å². The molecule has 0 aliphatic heterocycles. The molecule has 7 nitrogen and oxygen atoms in total. The van der Waals surface area contributed by atoms with Gasteiger partial charge in [0.15, 0.2) is 0 Å². The van der Waals surface area contributed by atoms with Crippen LogP contribution in [0.2, 0.25) is 0 Å². The summed E-state index contributed by atoms with van der Waals surface area (Å²) >= 11 is 0. The monoisotopic (exact) mass is 477 g/mol. The van der Waals surface area contributed by atoms with Crippen molar-refractivity contribution in [3.05, 3.63) is 67.3 Å². The number of hydrogen-bond acceptors (Lipinski definition) is 5. The first-order valence-corrected chi connectivity index (χ1v) is 7.92. The first kappa shape index (κ1) is 24.7. The molecule has 174 valence electrons. The molecule has 0 fully saturated rings. The van der Waals surface area contributed by atoms with Gasteiger partial charge in [0, 0.05) is 13.1 Å². The normalized spacial score (nSPS) is 12.6. The Morgan fingerprint density at radius 3 is 1.72 bits per heavy atom. The fourth-order valence-corrected chi connectivity index (χ4v) is 2.76. The van der Waals surface area contributed by atoms with Gasteiger partial charge in [-0.15, -0.1) is 0 Å². The Balaban J connectivity index is 2.95. The van der Waals surface area contributed by atoms with Gasteiger partial charge in [-0.25, -0.2) is 0 Å². The summed E-state index contributed by atoms with van der Waals surface area (Å²) in [7, 11) is 0.555. The summed E-state index contributed by atoms with van der Waals surface area (Å²) in [5, 5.41) is 22.0. The quantitative estimate of drug-likeness (QED) is 0.292. The maximum atomic E-state index is 13.5. The van der Waals surface area contributed by atoms with Gasteiger partial charge in [0.1, 0.15) is 5.69 Å². The van der Waals surface area contributed by atoms with E-state index in [1.807, 2.05) is 0 Å². The van der Waals surface area contributed by atoms with Crippen molar-refractivity contribution in [2.75, 3.05) is 11.9 Å². The van der Waals surface area contributed by atoms with Gasteiger partial charge in [0.25, 0.3) is 11.4 Å². The number of halogens is 9. The maximum Gasteiger partial charge on any atom is 0.419 e. The highest BCUT2D eigenvalue weighted by Crippen LogP contribution is 2.49. The fourth-order valence-electron chi connectivity index (χ4n) is 2.76. The Morgan fingerprint density at radius 1 is 0.750 bits per heavy atom. The number of non-ortho nitro benzene ring substituents is 1. The summed E-state index contributed by atoms with van der Waals surface area (Å²) in [4.78, 5) is 19.7. The van der Waals surface area contributed by atoms with Crippen LogP contribution in [0.5, 0.6) is 0 Å². The molecule has 2 aromatic carbocycles. The summed E-state index contributed by atoms with van der Waals surface area (Å²) in [5.74, 6) is 0. The van der Waals surface area contributed by atoms with Gasteiger partial charge in [-0.1, -0.05) is 0 Å². The predicted molar refractivity (Wildman–Crippen MR) is 89.3 cm³/mol. The lowest BCUT2D eigenvalue weighted by Gasteiger charge is -2.27. The molecule has 0 aliphatic rings. The molecule has 0 N–H and O–H groups in total. The van der Waals surface area contributed by atoms with Crippen molar-refractivity contribution in [3.8, 4) is 0 Å². The van der Waals surface area contributed by atoms with Crippen LogP contribution in [0.3, 0.4) is 0 Å². The molecule has 0 atom stereocenters. The van der Waals surface area contributed by atoms with Gasteiger partial charge < -0.3 is 4.90 Å². The van der Waals surface area contributed by atoms with Gasteiger partial charge >= 0.3 is 18.5 Å². The number of anilines is 2. The van der Waals surface area contributed by atoms with E-state index in [1.54, 1.807) is 0 Å². The van der Waals surface area contributed by atoms with E-state index in [-0.39, 0.29) is 11.0 Å². The van der Waals surface area contributed by atoms with E-state index < -0.39 is 73.9 Å². The van der Waals surface area contributed by atoms with E-state index in [9.17, 15) is 59.7 Å². The Hall–Kier alpha value is -3.59. The molecule has 0 amide bonds. The maximum absolute atomic E-state index is 13.5. The molecule has 32 heavy (non-hydrogen) atoms. The second kappa shape index (κ2) is 7.83. The highest BCUT2D eigenvalue weighted by Gasteiger charge is 2.48. The molecule has 2 aromatic rings. The number of nitro groups is 2.